The molecule has 122 valence electrons. The lowest BCUT2D eigenvalue weighted by molar-refractivity contribution is -0.137. The van der Waals surface area contributed by atoms with Gasteiger partial charge in [-0.05, 0) is 38.1 Å². The average Bonchev–Trinajstić information content (AvgIpc) is 2.89. The minimum atomic E-state index is -0.867. The Morgan fingerprint density at radius 2 is 1.87 bits per heavy atom. The number of ether oxygens (including phenoxy) is 1. The molecular formula is C16H17FN2O3S. The monoisotopic (exact) mass is 336 g/mol. The third-order valence-electron chi connectivity index (χ3n) is 3.15. The number of nitrogens with zero attached hydrogens (tertiary/aromatic N) is 2. The number of rotatable bonds is 4. The number of carbonyl (C=O) groups is 2. The smallest absolute Gasteiger partial charge is 0.351 e. The number of halogens is 1. The molecule has 0 aliphatic carbocycles. The summed E-state index contributed by atoms with van der Waals surface area (Å²) >= 11 is 1.16. The van der Waals surface area contributed by atoms with Gasteiger partial charge in [-0.25, -0.2) is 14.2 Å². The van der Waals surface area contributed by atoms with Crippen molar-refractivity contribution in [3.63, 3.8) is 0 Å². The second-order valence-electron chi connectivity index (χ2n) is 5.22. The van der Waals surface area contributed by atoms with Crippen molar-refractivity contribution < 1.29 is 18.7 Å². The lowest BCUT2D eigenvalue weighted by Gasteiger charge is -2.16. The van der Waals surface area contributed by atoms with E-state index >= 15 is 0 Å². The maximum absolute atomic E-state index is 13.0. The summed E-state index contributed by atoms with van der Waals surface area (Å²) in [6.07, 6.45) is -0.867. The van der Waals surface area contributed by atoms with Crippen LogP contribution in [0.4, 0.5) is 4.39 Å². The first-order chi connectivity index (χ1) is 10.8. The Morgan fingerprint density at radius 1 is 1.26 bits per heavy atom. The summed E-state index contributed by atoms with van der Waals surface area (Å²) in [6, 6.07) is 5.87. The summed E-state index contributed by atoms with van der Waals surface area (Å²) in [5, 5.41) is 0.598. The second kappa shape index (κ2) is 6.87. The van der Waals surface area contributed by atoms with Crippen LogP contribution in [0, 0.1) is 12.7 Å². The molecule has 1 atom stereocenters. The molecule has 1 aromatic carbocycles. The van der Waals surface area contributed by atoms with Crippen molar-refractivity contribution in [2.45, 2.75) is 20.0 Å². The van der Waals surface area contributed by atoms with Gasteiger partial charge in [0.05, 0.1) is 5.69 Å². The Hall–Kier alpha value is -2.28. The Morgan fingerprint density at radius 3 is 2.43 bits per heavy atom. The zero-order chi connectivity index (χ0) is 17.1. The van der Waals surface area contributed by atoms with E-state index in [1.807, 2.05) is 0 Å². The highest BCUT2D eigenvalue weighted by atomic mass is 32.1. The molecule has 1 heterocycles. The lowest BCUT2D eigenvalue weighted by Crippen LogP contribution is -2.34. The Bertz CT molecular complexity index is 725. The minimum Gasteiger partial charge on any atom is -0.448 e. The maximum atomic E-state index is 13.0. The number of hydrogen-bond donors (Lipinski definition) is 0. The van der Waals surface area contributed by atoms with E-state index in [4.69, 9.17) is 4.74 Å². The van der Waals surface area contributed by atoms with Crippen LogP contribution in [0.25, 0.3) is 10.6 Å². The zero-order valence-corrected chi connectivity index (χ0v) is 14.1. The number of likely N-dealkylation sites (N-methyl/N-ethyl adjacent to an activating group) is 1. The molecule has 0 spiro atoms. The first kappa shape index (κ1) is 17.1. The Labute approximate surface area is 137 Å². The maximum Gasteiger partial charge on any atom is 0.351 e. The molecule has 0 fully saturated rings. The van der Waals surface area contributed by atoms with Crippen LogP contribution in [0.2, 0.25) is 0 Å². The number of esters is 1. The molecule has 0 aliphatic heterocycles. The van der Waals surface area contributed by atoms with Crippen molar-refractivity contribution in [2.75, 3.05) is 14.1 Å². The third kappa shape index (κ3) is 3.92. The molecule has 0 aliphatic rings. The molecule has 0 saturated heterocycles. The summed E-state index contributed by atoms with van der Waals surface area (Å²) in [4.78, 5) is 30.0. The van der Waals surface area contributed by atoms with Crippen molar-refractivity contribution in [3.05, 3.63) is 40.7 Å². The van der Waals surface area contributed by atoms with E-state index in [9.17, 15) is 14.0 Å². The average molecular weight is 336 g/mol. The van der Waals surface area contributed by atoms with Gasteiger partial charge in [-0.1, -0.05) is 0 Å². The number of aryl methyl sites for hydroxylation is 1. The van der Waals surface area contributed by atoms with Crippen molar-refractivity contribution >= 4 is 23.2 Å². The van der Waals surface area contributed by atoms with E-state index in [1.54, 1.807) is 33.2 Å². The van der Waals surface area contributed by atoms with E-state index in [0.717, 1.165) is 16.9 Å². The van der Waals surface area contributed by atoms with Crippen LogP contribution in [-0.2, 0) is 9.53 Å². The standard InChI is InChI=1S/C16H17FN2O3S/c1-9-13(16(21)22-10(2)15(20)19(3)4)23-14(18-9)11-5-7-12(17)8-6-11/h5-8,10H,1-4H3/t10-/m0/s1. The molecule has 1 amide bonds. The number of benzene rings is 1. The molecule has 7 heteroatoms. The zero-order valence-electron chi connectivity index (χ0n) is 13.3. The van der Waals surface area contributed by atoms with Crippen LogP contribution in [-0.4, -0.2) is 42.0 Å². The van der Waals surface area contributed by atoms with Crippen molar-refractivity contribution in [1.82, 2.24) is 9.88 Å². The van der Waals surface area contributed by atoms with Gasteiger partial charge in [0, 0.05) is 19.7 Å². The van der Waals surface area contributed by atoms with Crippen LogP contribution in [0.3, 0.4) is 0 Å². The SMILES string of the molecule is Cc1nc(-c2ccc(F)cc2)sc1C(=O)O[C@@H](C)C(=O)N(C)C. The first-order valence-corrected chi connectivity index (χ1v) is 7.76. The normalized spacial score (nSPS) is 11.9. The van der Waals surface area contributed by atoms with Crippen LogP contribution >= 0.6 is 11.3 Å². The summed E-state index contributed by atoms with van der Waals surface area (Å²) in [5.74, 6) is -1.21. The lowest BCUT2D eigenvalue weighted by atomic mass is 10.2. The second-order valence-corrected chi connectivity index (χ2v) is 6.22. The van der Waals surface area contributed by atoms with Gasteiger partial charge < -0.3 is 9.64 Å². The van der Waals surface area contributed by atoms with Crippen molar-refractivity contribution in [3.8, 4) is 10.6 Å². The molecule has 0 N–H and O–H groups in total. The van der Waals surface area contributed by atoms with Crippen molar-refractivity contribution in [1.29, 1.82) is 0 Å². The quantitative estimate of drug-likeness (QED) is 0.806. The fraction of sp³-hybridized carbons (Fsp3) is 0.312. The van der Waals surface area contributed by atoms with E-state index in [2.05, 4.69) is 4.98 Å². The van der Waals surface area contributed by atoms with Gasteiger partial charge in [-0.2, -0.15) is 0 Å². The highest BCUT2D eigenvalue weighted by Crippen LogP contribution is 2.28. The van der Waals surface area contributed by atoms with Gasteiger partial charge >= 0.3 is 5.97 Å². The van der Waals surface area contributed by atoms with E-state index in [-0.39, 0.29) is 11.7 Å². The molecule has 23 heavy (non-hydrogen) atoms. The summed E-state index contributed by atoms with van der Waals surface area (Å²) in [5.41, 5.74) is 1.24. The van der Waals surface area contributed by atoms with Crippen molar-refractivity contribution in [2.24, 2.45) is 0 Å². The molecule has 0 unspecified atom stereocenters. The van der Waals surface area contributed by atoms with Crippen LogP contribution in [0.15, 0.2) is 24.3 Å². The van der Waals surface area contributed by atoms with Gasteiger partial charge in [0.2, 0.25) is 0 Å². The van der Waals surface area contributed by atoms with E-state index in [0.29, 0.717) is 15.6 Å². The molecule has 1 aromatic heterocycles. The Kier molecular flexibility index (Phi) is 5.10. The molecule has 5 nitrogen and oxygen atoms in total. The van der Waals surface area contributed by atoms with E-state index < -0.39 is 12.1 Å². The van der Waals surface area contributed by atoms with Gasteiger partial charge in [-0.3, -0.25) is 4.79 Å². The fourth-order valence-corrected chi connectivity index (χ4v) is 2.88. The van der Waals surface area contributed by atoms with Gasteiger partial charge in [0.15, 0.2) is 6.10 Å². The number of carbonyl (C=O) groups excluding carboxylic acids is 2. The minimum absolute atomic E-state index is 0.292. The third-order valence-corrected chi connectivity index (χ3v) is 4.33. The molecule has 0 bridgehead atoms. The highest BCUT2D eigenvalue weighted by Gasteiger charge is 2.23. The molecule has 2 aromatic rings. The van der Waals surface area contributed by atoms with Crippen LogP contribution in [0.5, 0.6) is 0 Å². The fourth-order valence-electron chi connectivity index (χ4n) is 1.93. The predicted octanol–water partition coefficient (Wildman–Crippen LogP) is 2.89. The molecular weight excluding hydrogens is 319 g/mol. The number of thiazole rings is 1. The van der Waals surface area contributed by atoms with Gasteiger partial charge in [0.1, 0.15) is 15.7 Å². The van der Waals surface area contributed by atoms with Crippen LogP contribution < -0.4 is 0 Å². The highest BCUT2D eigenvalue weighted by molar-refractivity contribution is 7.17. The van der Waals surface area contributed by atoms with Gasteiger partial charge in [0.25, 0.3) is 5.91 Å². The number of aromatic nitrogens is 1. The van der Waals surface area contributed by atoms with Crippen LogP contribution in [0.1, 0.15) is 22.3 Å². The predicted molar refractivity (Wildman–Crippen MR) is 85.8 cm³/mol. The van der Waals surface area contributed by atoms with E-state index in [1.165, 1.54) is 24.0 Å². The molecule has 0 radical (unpaired) electrons. The number of hydrogen-bond acceptors (Lipinski definition) is 5. The summed E-state index contributed by atoms with van der Waals surface area (Å²) < 4.78 is 18.2. The number of amides is 1. The first-order valence-electron chi connectivity index (χ1n) is 6.95. The Balaban J connectivity index is 2.19. The molecule has 0 saturated carbocycles. The summed E-state index contributed by atoms with van der Waals surface area (Å²) in [6.45, 7) is 3.22. The molecule has 2 rings (SSSR count). The topological polar surface area (TPSA) is 59.5 Å². The van der Waals surface area contributed by atoms with Gasteiger partial charge in [-0.15, -0.1) is 11.3 Å². The summed E-state index contributed by atoms with van der Waals surface area (Å²) in [7, 11) is 3.19. The largest absolute Gasteiger partial charge is 0.448 e.